The average Bonchev–Trinajstić information content (AvgIpc) is 3.17. The number of hydrogen-bond acceptors (Lipinski definition) is 3. The molecule has 0 spiro atoms. The van der Waals surface area contributed by atoms with Crippen LogP contribution in [0.3, 0.4) is 0 Å². The van der Waals surface area contributed by atoms with Gasteiger partial charge in [0.15, 0.2) is 0 Å². The second-order valence-electron chi connectivity index (χ2n) is 11.4. The summed E-state index contributed by atoms with van der Waals surface area (Å²) in [4.78, 5) is 13.4. The van der Waals surface area contributed by atoms with E-state index >= 15 is 0 Å². The third kappa shape index (κ3) is 7.85. The highest BCUT2D eigenvalue weighted by Gasteiger charge is 2.02. The van der Waals surface area contributed by atoms with Crippen LogP contribution in [0.5, 0.6) is 0 Å². The highest BCUT2D eigenvalue weighted by molar-refractivity contribution is 5.80. The van der Waals surface area contributed by atoms with Crippen LogP contribution >= 0.6 is 0 Å². The smallest absolute Gasteiger partial charge is 0.0701 e. The first kappa shape index (κ1) is 30.2. The average molecular weight is 616 g/mol. The van der Waals surface area contributed by atoms with Gasteiger partial charge >= 0.3 is 0 Å². The molecule has 0 amide bonds. The predicted molar refractivity (Wildman–Crippen MR) is 202 cm³/mol. The molecule has 4 aromatic carbocycles. The molecule has 7 rings (SSSR count). The Morgan fingerprint density at radius 3 is 0.792 bits per heavy atom. The summed E-state index contributed by atoms with van der Waals surface area (Å²) >= 11 is 0. The summed E-state index contributed by atoms with van der Waals surface area (Å²) in [7, 11) is 0. The largest absolute Gasteiger partial charge is 0.256 e. The highest BCUT2D eigenvalue weighted by atomic mass is 14.7. The highest BCUT2D eigenvalue weighted by Crippen LogP contribution is 2.23. The maximum atomic E-state index is 4.47. The number of benzene rings is 4. The molecule has 0 bridgehead atoms. The van der Waals surface area contributed by atoms with Crippen molar-refractivity contribution in [2.75, 3.05) is 0 Å². The summed E-state index contributed by atoms with van der Waals surface area (Å²) in [6, 6.07) is 50.1. The van der Waals surface area contributed by atoms with Gasteiger partial charge in [0.2, 0.25) is 0 Å². The third-order valence-electron chi connectivity index (χ3n) is 8.02. The van der Waals surface area contributed by atoms with Crippen LogP contribution in [-0.2, 0) is 0 Å². The molecular formula is C45H33N3. The van der Waals surface area contributed by atoms with Gasteiger partial charge in [0.1, 0.15) is 0 Å². The van der Waals surface area contributed by atoms with E-state index in [4.69, 9.17) is 0 Å². The van der Waals surface area contributed by atoms with Crippen molar-refractivity contribution in [3.05, 3.63) is 198 Å². The van der Waals surface area contributed by atoms with Crippen molar-refractivity contribution in [2.45, 2.75) is 0 Å². The number of hydrogen-bond donors (Lipinski definition) is 0. The number of nitrogens with zero attached hydrogens (tertiary/aromatic N) is 3. The van der Waals surface area contributed by atoms with Crippen LogP contribution in [0.15, 0.2) is 164 Å². The first-order valence-electron chi connectivity index (χ1n) is 16.0. The molecule has 3 nitrogen and oxygen atoms in total. The Morgan fingerprint density at radius 2 is 0.542 bits per heavy atom. The van der Waals surface area contributed by atoms with Gasteiger partial charge in [-0.25, -0.2) is 0 Å². The fourth-order valence-electron chi connectivity index (χ4n) is 5.46. The normalized spacial score (nSPS) is 11.5. The van der Waals surface area contributed by atoms with E-state index in [0.29, 0.717) is 0 Å². The van der Waals surface area contributed by atoms with Gasteiger partial charge in [-0.15, -0.1) is 0 Å². The molecule has 0 unspecified atom stereocenters. The summed E-state index contributed by atoms with van der Waals surface area (Å²) in [5.41, 5.74) is 13.0. The molecule has 0 atom stereocenters. The van der Waals surface area contributed by atoms with Crippen molar-refractivity contribution in [1.82, 2.24) is 15.0 Å². The lowest BCUT2D eigenvalue weighted by molar-refractivity contribution is 1.33. The van der Waals surface area contributed by atoms with E-state index in [1.54, 1.807) is 0 Å². The molecule has 0 N–H and O–H groups in total. The maximum Gasteiger partial charge on any atom is 0.0701 e. The monoisotopic (exact) mass is 615 g/mol. The van der Waals surface area contributed by atoms with Gasteiger partial charge in [-0.3, -0.25) is 15.0 Å². The lowest BCUT2D eigenvalue weighted by atomic mass is 10.0. The number of pyridine rings is 3. The molecule has 0 saturated carbocycles. The zero-order valence-electron chi connectivity index (χ0n) is 26.4. The van der Waals surface area contributed by atoms with Crippen molar-refractivity contribution in [3.8, 4) is 33.8 Å². The zero-order valence-corrected chi connectivity index (χ0v) is 26.4. The Hall–Kier alpha value is -6.45. The first-order chi connectivity index (χ1) is 23.7. The molecule has 0 aliphatic heterocycles. The lowest BCUT2D eigenvalue weighted by Gasteiger charge is -2.05. The van der Waals surface area contributed by atoms with Crippen LogP contribution in [0.25, 0.3) is 70.2 Å². The maximum absolute atomic E-state index is 4.47. The van der Waals surface area contributed by atoms with E-state index < -0.39 is 0 Å². The van der Waals surface area contributed by atoms with Crippen LogP contribution in [-0.4, -0.2) is 15.0 Å². The Labute approximate surface area is 282 Å². The fraction of sp³-hybridized carbons (Fsp3) is 0. The molecule has 0 radical (unpaired) electrons. The summed E-state index contributed by atoms with van der Waals surface area (Å²) in [5.74, 6) is 0. The van der Waals surface area contributed by atoms with Gasteiger partial charge in [0.25, 0.3) is 0 Å². The van der Waals surface area contributed by atoms with E-state index in [1.807, 2.05) is 73.2 Å². The molecule has 0 fully saturated rings. The minimum absolute atomic E-state index is 0.974. The number of rotatable bonds is 9. The Morgan fingerprint density at radius 1 is 0.271 bits per heavy atom. The van der Waals surface area contributed by atoms with E-state index in [-0.39, 0.29) is 0 Å². The lowest BCUT2D eigenvalue weighted by Crippen LogP contribution is -1.84. The van der Waals surface area contributed by atoms with E-state index in [1.165, 1.54) is 0 Å². The Balaban J connectivity index is 1.14. The van der Waals surface area contributed by atoms with E-state index in [2.05, 4.69) is 142 Å². The molecule has 0 aliphatic rings. The second-order valence-corrected chi connectivity index (χ2v) is 11.4. The van der Waals surface area contributed by atoms with E-state index in [0.717, 1.165) is 67.2 Å². The SMILES string of the molecule is C(=C\c1cc(/C=C/c2ccc(-c3ccccn3)cc2)cc(/C=C/c2ccc(-c3ccccn3)cc2)c1)/c1ccc(-c2ccccn2)cc1. The quantitative estimate of drug-likeness (QED) is 0.152. The molecule has 0 aliphatic carbocycles. The molecule has 3 heteroatoms. The van der Waals surface area contributed by atoms with Crippen molar-refractivity contribution < 1.29 is 0 Å². The van der Waals surface area contributed by atoms with Crippen LogP contribution in [0.1, 0.15) is 33.4 Å². The molecule has 228 valence electrons. The molecule has 0 saturated heterocycles. The third-order valence-corrected chi connectivity index (χ3v) is 8.02. The van der Waals surface area contributed by atoms with Crippen LogP contribution < -0.4 is 0 Å². The fourth-order valence-corrected chi connectivity index (χ4v) is 5.46. The molecule has 3 aromatic heterocycles. The van der Waals surface area contributed by atoms with Gasteiger partial charge in [0.05, 0.1) is 17.1 Å². The van der Waals surface area contributed by atoms with Gasteiger partial charge in [0, 0.05) is 35.3 Å². The zero-order chi connectivity index (χ0) is 32.4. The van der Waals surface area contributed by atoms with Gasteiger partial charge in [-0.1, -0.05) is 127 Å². The predicted octanol–water partition coefficient (Wildman–Crippen LogP) is 11.4. The van der Waals surface area contributed by atoms with Gasteiger partial charge in [-0.05, 0) is 88.0 Å². The van der Waals surface area contributed by atoms with Gasteiger partial charge in [-0.2, -0.15) is 0 Å². The Kier molecular flexibility index (Phi) is 9.29. The van der Waals surface area contributed by atoms with Crippen LogP contribution in [0, 0.1) is 0 Å². The van der Waals surface area contributed by atoms with Crippen molar-refractivity contribution in [3.63, 3.8) is 0 Å². The summed E-state index contributed by atoms with van der Waals surface area (Å²) in [6.07, 6.45) is 18.5. The topological polar surface area (TPSA) is 38.7 Å². The second kappa shape index (κ2) is 14.8. The Bertz CT molecular complexity index is 1900. The molecule has 7 aromatic rings. The standard InChI is InChI=1S/C45H33N3/c1-4-28-46-43(7-1)40-22-16-34(17-23-40)10-13-37-31-38(14-11-35-18-24-41(25-19-35)44-8-2-5-29-47-44)33-39(32-37)15-12-36-20-26-42(27-21-36)45-9-3-6-30-48-45/h1-33H/b13-10+,14-11+,15-12+. The molecule has 48 heavy (non-hydrogen) atoms. The minimum Gasteiger partial charge on any atom is -0.256 e. The summed E-state index contributed by atoms with van der Waals surface area (Å²) in [6.45, 7) is 0. The molecular weight excluding hydrogens is 583 g/mol. The number of aromatic nitrogens is 3. The van der Waals surface area contributed by atoms with Gasteiger partial charge < -0.3 is 0 Å². The first-order valence-corrected chi connectivity index (χ1v) is 16.0. The summed E-state index contributed by atoms with van der Waals surface area (Å²) in [5, 5.41) is 0. The minimum atomic E-state index is 0.974. The molecule has 3 heterocycles. The summed E-state index contributed by atoms with van der Waals surface area (Å²) < 4.78 is 0. The van der Waals surface area contributed by atoms with Crippen molar-refractivity contribution in [2.24, 2.45) is 0 Å². The van der Waals surface area contributed by atoms with Crippen molar-refractivity contribution in [1.29, 1.82) is 0 Å². The van der Waals surface area contributed by atoms with Crippen LogP contribution in [0.4, 0.5) is 0 Å². The van der Waals surface area contributed by atoms with Crippen molar-refractivity contribution >= 4 is 36.5 Å². The van der Waals surface area contributed by atoms with E-state index in [9.17, 15) is 0 Å². The van der Waals surface area contributed by atoms with Crippen LogP contribution in [0.2, 0.25) is 0 Å².